The third-order valence-electron chi connectivity index (χ3n) is 2.16. The zero-order valence-corrected chi connectivity index (χ0v) is 10.8. The second-order valence-electron chi connectivity index (χ2n) is 3.31. The highest BCUT2D eigenvalue weighted by Gasteiger charge is 2.21. The average Bonchev–Trinajstić information content (AvgIpc) is 2.62. The van der Waals surface area contributed by atoms with Gasteiger partial charge in [0.2, 0.25) is 0 Å². The fourth-order valence-electron chi connectivity index (χ4n) is 1.34. The van der Waals surface area contributed by atoms with Gasteiger partial charge >= 0.3 is 0 Å². The highest BCUT2D eigenvalue weighted by atomic mass is 35.5. The minimum atomic E-state index is -1.36. The van der Waals surface area contributed by atoms with Gasteiger partial charge in [0.25, 0.3) is 0 Å². The molecular formula is C11H3Cl2F3OS. The highest BCUT2D eigenvalue weighted by molar-refractivity contribution is 7.20. The molecule has 1 nitrogen and oxygen atoms in total. The molecular weight excluding hydrogens is 308 g/mol. The van der Waals surface area contributed by atoms with Crippen LogP contribution in [-0.2, 0) is 0 Å². The molecule has 7 heteroatoms. The van der Waals surface area contributed by atoms with E-state index < -0.39 is 28.8 Å². The van der Waals surface area contributed by atoms with Crippen molar-refractivity contribution in [3.63, 3.8) is 0 Å². The Balaban J connectivity index is 2.53. The van der Waals surface area contributed by atoms with E-state index in [1.807, 2.05) is 0 Å². The van der Waals surface area contributed by atoms with Gasteiger partial charge in [0, 0.05) is 6.07 Å². The van der Waals surface area contributed by atoms with Gasteiger partial charge < -0.3 is 0 Å². The van der Waals surface area contributed by atoms with Gasteiger partial charge in [-0.2, -0.15) is 0 Å². The van der Waals surface area contributed by atoms with E-state index in [-0.39, 0.29) is 14.2 Å². The average molecular weight is 311 g/mol. The summed E-state index contributed by atoms with van der Waals surface area (Å²) in [5, 5.41) is 0. The molecule has 0 aliphatic rings. The summed E-state index contributed by atoms with van der Waals surface area (Å²) in [6.07, 6.45) is 0. The molecule has 0 saturated heterocycles. The van der Waals surface area contributed by atoms with Crippen molar-refractivity contribution in [3.8, 4) is 0 Å². The number of rotatable bonds is 2. The molecule has 0 atom stereocenters. The number of carbonyl (C=O) groups is 1. The molecule has 0 saturated carbocycles. The smallest absolute Gasteiger partial charge is 0.198 e. The molecule has 1 aromatic carbocycles. The Morgan fingerprint density at radius 1 is 0.944 bits per heavy atom. The van der Waals surface area contributed by atoms with Gasteiger partial charge in [-0.05, 0) is 12.1 Å². The van der Waals surface area contributed by atoms with Gasteiger partial charge in [-0.1, -0.05) is 23.2 Å². The normalized spacial score (nSPS) is 10.7. The summed E-state index contributed by atoms with van der Waals surface area (Å²) in [7, 11) is 0. The number of hydrogen-bond donors (Lipinski definition) is 0. The van der Waals surface area contributed by atoms with Crippen LogP contribution in [0.25, 0.3) is 0 Å². The van der Waals surface area contributed by atoms with Crippen molar-refractivity contribution in [2.24, 2.45) is 0 Å². The second-order valence-corrected chi connectivity index (χ2v) is 5.60. The van der Waals surface area contributed by atoms with Crippen LogP contribution in [0.4, 0.5) is 13.2 Å². The summed E-state index contributed by atoms with van der Waals surface area (Å²) < 4.78 is 39.4. The van der Waals surface area contributed by atoms with Crippen LogP contribution in [0.15, 0.2) is 18.2 Å². The first kappa shape index (κ1) is 13.4. The maximum absolute atomic E-state index is 13.4. The van der Waals surface area contributed by atoms with Crippen molar-refractivity contribution < 1.29 is 18.0 Å². The van der Waals surface area contributed by atoms with Crippen LogP contribution in [0, 0.1) is 17.5 Å². The lowest BCUT2D eigenvalue weighted by Gasteiger charge is -2.02. The first-order chi connectivity index (χ1) is 8.40. The third kappa shape index (κ3) is 2.39. The Kier molecular flexibility index (Phi) is 3.66. The minimum absolute atomic E-state index is 0.0448. The summed E-state index contributed by atoms with van der Waals surface area (Å²) in [6.45, 7) is 0. The minimum Gasteiger partial charge on any atom is -0.288 e. The molecule has 94 valence electrons. The van der Waals surface area contributed by atoms with Crippen LogP contribution in [0.1, 0.15) is 15.9 Å². The van der Waals surface area contributed by atoms with Crippen LogP contribution in [0.2, 0.25) is 8.67 Å². The van der Waals surface area contributed by atoms with E-state index in [0.29, 0.717) is 12.1 Å². The molecule has 0 N–H and O–H groups in total. The molecule has 1 aromatic heterocycles. The molecule has 0 fully saturated rings. The Morgan fingerprint density at radius 3 is 2.11 bits per heavy atom. The van der Waals surface area contributed by atoms with Crippen molar-refractivity contribution >= 4 is 40.3 Å². The summed E-state index contributed by atoms with van der Waals surface area (Å²) in [6, 6.07) is 2.05. The molecule has 0 amide bonds. The zero-order chi connectivity index (χ0) is 13.4. The van der Waals surface area contributed by atoms with Crippen LogP contribution >= 0.6 is 34.5 Å². The van der Waals surface area contributed by atoms with E-state index in [9.17, 15) is 18.0 Å². The van der Waals surface area contributed by atoms with Gasteiger partial charge in [0.1, 0.15) is 10.2 Å². The second kappa shape index (κ2) is 4.91. The van der Waals surface area contributed by atoms with Crippen LogP contribution < -0.4 is 0 Å². The Labute approximate surface area is 114 Å². The third-order valence-corrected chi connectivity index (χ3v) is 3.64. The van der Waals surface area contributed by atoms with Crippen molar-refractivity contribution in [3.05, 3.63) is 55.5 Å². The molecule has 0 bridgehead atoms. The van der Waals surface area contributed by atoms with E-state index in [2.05, 4.69) is 0 Å². The fraction of sp³-hybridized carbons (Fsp3) is 0. The summed E-state index contributed by atoms with van der Waals surface area (Å²) in [5.74, 6) is -4.67. The Hall–Kier alpha value is -1.04. The van der Waals surface area contributed by atoms with Crippen LogP contribution in [-0.4, -0.2) is 5.78 Å². The molecule has 0 unspecified atom stereocenters. The topological polar surface area (TPSA) is 17.1 Å². The Morgan fingerprint density at radius 2 is 1.56 bits per heavy atom. The number of thiophene rings is 1. The SMILES string of the molecule is O=C(c1cc(F)c(F)cc1F)c1cc(Cl)sc1Cl. The lowest BCUT2D eigenvalue weighted by atomic mass is 10.1. The summed E-state index contributed by atoms with van der Waals surface area (Å²) in [5.41, 5.74) is -0.637. The number of ketones is 1. The highest BCUT2D eigenvalue weighted by Crippen LogP contribution is 2.33. The van der Waals surface area contributed by atoms with E-state index >= 15 is 0 Å². The molecule has 1 heterocycles. The van der Waals surface area contributed by atoms with E-state index in [0.717, 1.165) is 11.3 Å². The molecule has 2 rings (SSSR count). The van der Waals surface area contributed by atoms with Gasteiger partial charge in [0.05, 0.1) is 15.5 Å². The number of hydrogen-bond acceptors (Lipinski definition) is 2. The van der Waals surface area contributed by atoms with Gasteiger partial charge in [-0.3, -0.25) is 4.79 Å². The maximum atomic E-state index is 13.4. The van der Waals surface area contributed by atoms with Gasteiger partial charge in [0.15, 0.2) is 17.4 Å². The lowest BCUT2D eigenvalue weighted by molar-refractivity contribution is 0.103. The molecule has 0 aliphatic carbocycles. The van der Waals surface area contributed by atoms with E-state index in [1.165, 1.54) is 6.07 Å². The molecule has 0 spiro atoms. The van der Waals surface area contributed by atoms with Crippen molar-refractivity contribution in [2.75, 3.05) is 0 Å². The van der Waals surface area contributed by atoms with Crippen molar-refractivity contribution in [1.82, 2.24) is 0 Å². The van der Waals surface area contributed by atoms with Crippen molar-refractivity contribution in [1.29, 1.82) is 0 Å². The zero-order valence-electron chi connectivity index (χ0n) is 8.44. The fourth-order valence-corrected chi connectivity index (χ4v) is 2.80. The van der Waals surface area contributed by atoms with E-state index in [1.54, 1.807) is 0 Å². The molecule has 2 aromatic rings. The van der Waals surface area contributed by atoms with Gasteiger partial charge in [-0.25, -0.2) is 13.2 Å². The quantitative estimate of drug-likeness (QED) is 0.580. The van der Waals surface area contributed by atoms with E-state index in [4.69, 9.17) is 23.2 Å². The Bertz CT molecular complexity index is 639. The maximum Gasteiger partial charge on any atom is 0.198 e. The summed E-state index contributed by atoms with van der Waals surface area (Å²) in [4.78, 5) is 11.9. The number of halogens is 5. The lowest BCUT2D eigenvalue weighted by Crippen LogP contribution is -2.05. The number of carbonyl (C=O) groups excluding carboxylic acids is 1. The monoisotopic (exact) mass is 310 g/mol. The van der Waals surface area contributed by atoms with Gasteiger partial charge in [-0.15, -0.1) is 11.3 Å². The molecule has 0 radical (unpaired) electrons. The van der Waals surface area contributed by atoms with Crippen LogP contribution in [0.5, 0.6) is 0 Å². The van der Waals surface area contributed by atoms with Crippen LogP contribution in [0.3, 0.4) is 0 Å². The standard InChI is InChI=1S/C11H3Cl2F3OS/c12-9-2-5(11(13)18-9)10(17)4-1-7(15)8(16)3-6(4)14/h1-3H. The summed E-state index contributed by atoms with van der Waals surface area (Å²) >= 11 is 12.3. The number of benzene rings is 1. The first-order valence-electron chi connectivity index (χ1n) is 4.54. The first-order valence-corrected chi connectivity index (χ1v) is 6.11. The molecule has 0 aliphatic heterocycles. The predicted molar refractivity (Wildman–Crippen MR) is 64.1 cm³/mol. The van der Waals surface area contributed by atoms with Crippen molar-refractivity contribution in [2.45, 2.75) is 0 Å². The molecule has 18 heavy (non-hydrogen) atoms. The predicted octanol–water partition coefficient (Wildman–Crippen LogP) is 4.70. The largest absolute Gasteiger partial charge is 0.288 e.